The molecule has 0 fully saturated rings. The minimum Gasteiger partial charge on any atom is -0.464 e. The van der Waals surface area contributed by atoms with E-state index in [1.165, 1.54) is 6.07 Å². The van der Waals surface area contributed by atoms with Gasteiger partial charge in [-0.3, -0.25) is 14.9 Å². The Kier molecular flexibility index (Phi) is 3.93. The first kappa shape index (κ1) is 16.5. The zero-order valence-corrected chi connectivity index (χ0v) is 14.0. The summed E-state index contributed by atoms with van der Waals surface area (Å²) in [6.45, 7) is 0. The number of para-hydroxylation sites is 1. The van der Waals surface area contributed by atoms with E-state index in [-0.39, 0.29) is 11.1 Å². The lowest BCUT2D eigenvalue weighted by Crippen LogP contribution is -2.25. The molecule has 1 heterocycles. The van der Waals surface area contributed by atoms with Crippen LogP contribution in [0.1, 0.15) is 20.7 Å². The normalized spacial score (nSPS) is 12.4. The van der Waals surface area contributed by atoms with Gasteiger partial charge in [0.15, 0.2) is 0 Å². The van der Waals surface area contributed by atoms with Crippen molar-refractivity contribution in [3.8, 4) is 11.1 Å². The first-order chi connectivity index (χ1) is 13.1. The fourth-order valence-corrected chi connectivity index (χ4v) is 3.26. The number of amides is 3. The van der Waals surface area contributed by atoms with Crippen molar-refractivity contribution in [2.75, 3.05) is 4.90 Å². The fourth-order valence-electron chi connectivity index (χ4n) is 3.26. The molecule has 4 rings (SSSR count). The largest absolute Gasteiger partial charge is 0.464 e. The number of benzene rings is 3. The van der Waals surface area contributed by atoms with E-state index < -0.39 is 17.9 Å². The fraction of sp³-hybridized carbons (Fsp3) is 0. The lowest BCUT2D eigenvalue weighted by Gasteiger charge is -2.24. The Hall–Kier alpha value is -3.93. The van der Waals surface area contributed by atoms with Gasteiger partial charge in [-0.05, 0) is 29.8 Å². The van der Waals surface area contributed by atoms with Crippen LogP contribution < -0.4 is 10.2 Å². The highest BCUT2D eigenvalue weighted by Crippen LogP contribution is 2.40. The van der Waals surface area contributed by atoms with Crippen molar-refractivity contribution >= 4 is 29.3 Å². The number of carbonyl (C=O) groups is 3. The number of anilines is 2. The Morgan fingerprint density at radius 2 is 1.41 bits per heavy atom. The van der Waals surface area contributed by atoms with Gasteiger partial charge in [-0.15, -0.1) is 0 Å². The number of carbonyl (C=O) groups excluding carboxylic acids is 2. The highest BCUT2D eigenvalue weighted by molar-refractivity contribution is 6.25. The average molecular weight is 358 g/mol. The Balaban J connectivity index is 2.04. The maximum atomic E-state index is 12.5. The Morgan fingerprint density at radius 3 is 2.04 bits per heavy atom. The van der Waals surface area contributed by atoms with Crippen molar-refractivity contribution < 1.29 is 19.5 Å². The van der Waals surface area contributed by atoms with E-state index in [4.69, 9.17) is 0 Å². The third-order valence-corrected chi connectivity index (χ3v) is 4.39. The molecule has 3 aromatic rings. The highest BCUT2D eigenvalue weighted by Gasteiger charge is 2.33. The second kappa shape index (κ2) is 6.42. The highest BCUT2D eigenvalue weighted by atomic mass is 16.4. The summed E-state index contributed by atoms with van der Waals surface area (Å²) in [7, 11) is 0. The topological polar surface area (TPSA) is 86.7 Å². The van der Waals surface area contributed by atoms with Crippen LogP contribution in [0.3, 0.4) is 0 Å². The van der Waals surface area contributed by atoms with Crippen molar-refractivity contribution in [2.45, 2.75) is 0 Å². The molecule has 132 valence electrons. The number of hydrogen-bond acceptors (Lipinski definition) is 3. The molecule has 0 saturated heterocycles. The van der Waals surface area contributed by atoms with Gasteiger partial charge < -0.3 is 5.11 Å². The van der Waals surface area contributed by atoms with Crippen molar-refractivity contribution in [3.05, 3.63) is 83.9 Å². The molecule has 0 saturated carbocycles. The van der Waals surface area contributed by atoms with Crippen LogP contribution in [0, 0.1) is 0 Å². The molecule has 0 bridgehead atoms. The van der Waals surface area contributed by atoms with Gasteiger partial charge in [-0.1, -0.05) is 48.5 Å². The molecule has 0 aliphatic carbocycles. The van der Waals surface area contributed by atoms with Crippen molar-refractivity contribution in [2.24, 2.45) is 0 Å². The lowest BCUT2D eigenvalue weighted by atomic mass is 9.94. The number of nitrogens with one attached hydrogen (secondary N) is 1. The molecule has 3 aromatic carbocycles. The molecule has 0 unspecified atom stereocenters. The molecule has 27 heavy (non-hydrogen) atoms. The van der Waals surface area contributed by atoms with Gasteiger partial charge in [0.2, 0.25) is 0 Å². The minimum absolute atomic E-state index is 0.186. The third-order valence-electron chi connectivity index (χ3n) is 4.39. The van der Waals surface area contributed by atoms with Crippen LogP contribution in [0.15, 0.2) is 72.8 Å². The van der Waals surface area contributed by atoms with E-state index in [1.807, 2.05) is 6.07 Å². The molecule has 1 aliphatic rings. The van der Waals surface area contributed by atoms with Gasteiger partial charge in [-0.2, -0.15) is 0 Å². The number of nitrogens with zero attached hydrogens (tertiary/aromatic N) is 1. The summed E-state index contributed by atoms with van der Waals surface area (Å²) in [5, 5.41) is 12.2. The Labute approximate surface area is 154 Å². The molecule has 1 aliphatic heterocycles. The lowest BCUT2D eigenvalue weighted by molar-refractivity contribution is 0.0879. The van der Waals surface area contributed by atoms with E-state index in [0.717, 1.165) is 4.90 Å². The van der Waals surface area contributed by atoms with E-state index in [1.54, 1.807) is 60.7 Å². The van der Waals surface area contributed by atoms with Crippen LogP contribution >= 0.6 is 0 Å². The van der Waals surface area contributed by atoms with Gasteiger partial charge in [0.25, 0.3) is 11.8 Å². The second-order valence-electron chi connectivity index (χ2n) is 5.99. The van der Waals surface area contributed by atoms with Crippen molar-refractivity contribution in [1.29, 1.82) is 0 Å². The monoisotopic (exact) mass is 358 g/mol. The molecule has 0 radical (unpaired) electrons. The van der Waals surface area contributed by atoms with Crippen LogP contribution in [0.2, 0.25) is 0 Å². The summed E-state index contributed by atoms with van der Waals surface area (Å²) >= 11 is 0. The van der Waals surface area contributed by atoms with Crippen LogP contribution in [0.4, 0.5) is 16.2 Å². The average Bonchev–Trinajstić information content (AvgIpc) is 2.97. The molecule has 0 spiro atoms. The van der Waals surface area contributed by atoms with Crippen LogP contribution in [-0.2, 0) is 0 Å². The standard InChI is InChI=1S/C21H14N2O4/c24-19-15-11-12-16(23(21(26)27)14-9-5-2-6-10-14)17(18(15)20(25)22-19)13-7-3-1-4-8-13/h1-12H,(H,26,27)(H,22,24,25). The SMILES string of the molecule is O=C1NC(=O)c2c1ccc(N(C(=O)O)c1ccccc1)c2-c1ccccc1. The first-order valence-corrected chi connectivity index (χ1v) is 8.24. The van der Waals surface area contributed by atoms with Gasteiger partial charge in [-0.25, -0.2) is 9.69 Å². The maximum absolute atomic E-state index is 12.5. The summed E-state index contributed by atoms with van der Waals surface area (Å²) < 4.78 is 0. The number of fused-ring (bicyclic) bond motifs is 1. The quantitative estimate of drug-likeness (QED) is 0.692. The van der Waals surface area contributed by atoms with E-state index in [0.29, 0.717) is 22.5 Å². The zero-order chi connectivity index (χ0) is 19.0. The molecule has 6 heteroatoms. The van der Waals surface area contributed by atoms with Crippen molar-refractivity contribution in [1.82, 2.24) is 5.32 Å². The smallest absolute Gasteiger partial charge is 0.416 e. The third kappa shape index (κ3) is 2.73. The Bertz CT molecular complexity index is 1060. The van der Waals surface area contributed by atoms with Crippen LogP contribution in [0.5, 0.6) is 0 Å². The summed E-state index contributed by atoms with van der Waals surface area (Å²) in [5.74, 6) is -1.02. The molecular formula is C21H14N2O4. The maximum Gasteiger partial charge on any atom is 0.416 e. The van der Waals surface area contributed by atoms with Crippen LogP contribution in [0.25, 0.3) is 11.1 Å². The van der Waals surface area contributed by atoms with Crippen LogP contribution in [-0.4, -0.2) is 23.0 Å². The predicted molar refractivity (Wildman–Crippen MR) is 100 cm³/mol. The van der Waals surface area contributed by atoms with Gasteiger partial charge >= 0.3 is 6.09 Å². The van der Waals surface area contributed by atoms with E-state index in [2.05, 4.69) is 5.32 Å². The number of imide groups is 1. The first-order valence-electron chi connectivity index (χ1n) is 8.24. The molecule has 0 aromatic heterocycles. The minimum atomic E-state index is -1.19. The molecular weight excluding hydrogens is 344 g/mol. The summed E-state index contributed by atoms with van der Waals surface area (Å²) in [6.07, 6.45) is -1.19. The van der Waals surface area contributed by atoms with Crippen molar-refractivity contribution in [3.63, 3.8) is 0 Å². The zero-order valence-electron chi connectivity index (χ0n) is 14.0. The van der Waals surface area contributed by atoms with E-state index in [9.17, 15) is 19.5 Å². The van der Waals surface area contributed by atoms with Gasteiger partial charge in [0, 0.05) is 5.56 Å². The number of carboxylic acid groups (broad SMARTS) is 1. The number of rotatable bonds is 3. The Morgan fingerprint density at radius 1 is 0.778 bits per heavy atom. The van der Waals surface area contributed by atoms with Gasteiger partial charge in [0.05, 0.1) is 22.5 Å². The molecule has 2 N–H and O–H groups in total. The predicted octanol–water partition coefficient (Wildman–Crippen LogP) is 4.05. The molecule has 6 nitrogen and oxygen atoms in total. The van der Waals surface area contributed by atoms with Gasteiger partial charge in [0.1, 0.15) is 0 Å². The summed E-state index contributed by atoms with van der Waals surface area (Å²) in [5.41, 5.74) is 2.22. The van der Waals surface area contributed by atoms with E-state index >= 15 is 0 Å². The molecule has 3 amide bonds. The second-order valence-corrected chi connectivity index (χ2v) is 5.99. The summed E-state index contributed by atoms with van der Waals surface area (Å²) in [4.78, 5) is 37.7. The molecule has 0 atom stereocenters. The number of hydrogen-bond donors (Lipinski definition) is 2. The summed E-state index contributed by atoms with van der Waals surface area (Å²) in [6, 6.07) is 20.6.